The smallest absolute Gasteiger partial charge is 0.239 e. The van der Waals surface area contributed by atoms with Gasteiger partial charge in [-0.2, -0.15) is 4.98 Å². The monoisotopic (exact) mass is 437 g/mol. The number of nitrogens with one attached hydrogen (secondary N) is 1. The number of imidazole rings is 1. The van der Waals surface area contributed by atoms with Gasteiger partial charge in [0.1, 0.15) is 12.1 Å². The molecule has 0 unspecified atom stereocenters. The minimum atomic E-state index is -0.0804. The van der Waals surface area contributed by atoms with Gasteiger partial charge in [-0.3, -0.25) is 9.36 Å². The van der Waals surface area contributed by atoms with E-state index >= 15 is 0 Å². The van der Waals surface area contributed by atoms with E-state index in [0.29, 0.717) is 37.8 Å². The molecule has 3 N–H and O–H groups in total. The second-order valence-corrected chi connectivity index (χ2v) is 7.49. The number of hydrogen-bond donors (Lipinski definition) is 2. The number of aryl methyl sites for hydroxylation is 1. The lowest BCUT2D eigenvalue weighted by atomic mass is 10.1. The summed E-state index contributed by atoms with van der Waals surface area (Å²) in [5, 5.41) is 2.99. The SMILES string of the molecule is Cc1cc(N(CCCN)CC(=O)NCCc2ccc3c(c2)OCO3)nc(-n2ccnc2)n1. The minimum Gasteiger partial charge on any atom is -0.454 e. The molecule has 10 nitrogen and oxygen atoms in total. The van der Waals surface area contributed by atoms with Gasteiger partial charge in [0.25, 0.3) is 0 Å². The van der Waals surface area contributed by atoms with E-state index in [2.05, 4.69) is 20.3 Å². The number of amides is 1. The fourth-order valence-corrected chi connectivity index (χ4v) is 3.42. The summed E-state index contributed by atoms with van der Waals surface area (Å²) in [5.74, 6) is 2.61. The molecule has 3 aromatic rings. The van der Waals surface area contributed by atoms with Gasteiger partial charge < -0.3 is 25.4 Å². The van der Waals surface area contributed by atoms with Crippen molar-refractivity contribution < 1.29 is 14.3 Å². The molecule has 1 aromatic carbocycles. The number of benzene rings is 1. The number of ether oxygens (including phenoxy) is 2. The number of fused-ring (bicyclic) bond motifs is 1. The summed E-state index contributed by atoms with van der Waals surface area (Å²) < 4.78 is 12.5. The molecule has 10 heteroatoms. The zero-order valence-corrected chi connectivity index (χ0v) is 18.0. The average Bonchev–Trinajstić information content (AvgIpc) is 3.48. The third-order valence-corrected chi connectivity index (χ3v) is 5.03. The van der Waals surface area contributed by atoms with Crippen LogP contribution in [0.3, 0.4) is 0 Å². The first kappa shape index (κ1) is 21.6. The van der Waals surface area contributed by atoms with E-state index in [4.69, 9.17) is 15.2 Å². The molecule has 0 spiro atoms. The summed E-state index contributed by atoms with van der Waals surface area (Å²) in [4.78, 5) is 27.8. The van der Waals surface area contributed by atoms with Crippen LogP contribution in [0.1, 0.15) is 17.7 Å². The van der Waals surface area contributed by atoms with Gasteiger partial charge in [-0.1, -0.05) is 6.07 Å². The van der Waals surface area contributed by atoms with Crippen LogP contribution in [0.5, 0.6) is 11.5 Å². The lowest BCUT2D eigenvalue weighted by molar-refractivity contribution is -0.119. The van der Waals surface area contributed by atoms with Gasteiger partial charge in [-0.05, 0) is 44.0 Å². The lowest BCUT2D eigenvalue weighted by Crippen LogP contribution is -2.39. The molecule has 1 aliphatic rings. The molecule has 0 saturated heterocycles. The topological polar surface area (TPSA) is 120 Å². The van der Waals surface area contributed by atoms with E-state index in [-0.39, 0.29) is 19.2 Å². The van der Waals surface area contributed by atoms with Crippen molar-refractivity contribution in [1.29, 1.82) is 0 Å². The molecule has 168 valence electrons. The van der Waals surface area contributed by atoms with Gasteiger partial charge in [0.15, 0.2) is 11.5 Å². The van der Waals surface area contributed by atoms with E-state index in [1.165, 1.54) is 0 Å². The van der Waals surface area contributed by atoms with Crippen molar-refractivity contribution >= 4 is 11.7 Å². The van der Waals surface area contributed by atoms with E-state index in [1.807, 2.05) is 36.1 Å². The number of hydrogen-bond acceptors (Lipinski definition) is 8. The summed E-state index contributed by atoms with van der Waals surface area (Å²) in [5.41, 5.74) is 7.59. The maximum atomic E-state index is 12.7. The molecule has 0 bridgehead atoms. The molecule has 1 aliphatic heterocycles. The highest BCUT2D eigenvalue weighted by molar-refractivity contribution is 5.81. The molecule has 1 amide bonds. The van der Waals surface area contributed by atoms with Crippen molar-refractivity contribution in [3.8, 4) is 17.4 Å². The van der Waals surface area contributed by atoms with Crippen LogP contribution < -0.4 is 25.4 Å². The fourth-order valence-electron chi connectivity index (χ4n) is 3.42. The highest BCUT2D eigenvalue weighted by atomic mass is 16.7. The van der Waals surface area contributed by atoms with Crippen LogP contribution in [0.15, 0.2) is 43.0 Å². The van der Waals surface area contributed by atoms with E-state index < -0.39 is 0 Å². The second-order valence-electron chi connectivity index (χ2n) is 7.49. The van der Waals surface area contributed by atoms with E-state index in [0.717, 1.165) is 29.2 Å². The summed E-state index contributed by atoms with van der Waals surface area (Å²) in [7, 11) is 0. The zero-order chi connectivity index (χ0) is 22.3. The Labute approximate surface area is 186 Å². The maximum Gasteiger partial charge on any atom is 0.239 e. The number of nitrogens with zero attached hydrogens (tertiary/aromatic N) is 5. The Balaban J connectivity index is 1.38. The van der Waals surface area contributed by atoms with Crippen LogP contribution in [0.2, 0.25) is 0 Å². The third-order valence-electron chi connectivity index (χ3n) is 5.03. The van der Waals surface area contributed by atoms with Crippen LogP contribution in [0.4, 0.5) is 5.82 Å². The molecule has 2 aromatic heterocycles. The number of rotatable bonds is 10. The Hall–Kier alpha value is -3.66. The number of nitrogens with two attached hydrogens (primary N) is 1. The summed E-state index contributed by atoms with van der Waals surface area (Å²) in [6, 6.07) is 7.69. The second kappa shape index (κ2) is 10.1. The van der Waals surface area contributed by atoms with Crippen molar-refractivity contribution in [2.24, 2.45) is 5.73 Å². The van der Waals surface area contributed by atoms with Crippen molar-refractivity contribution in [1.82, 2.24) is 24.8 Å². The predicted octanol–water partition coefficient (Wildman–Crippen LogP) is 1.21. The molecule has 4 rings (SSSR count). The largest absolute Gasteiger partial charge is 0.454 e. The van der Waals surface area contributed by atoms with E-state index in [9.17, 15) is 4.79 Å². The van der Waals surface area contributed by atoms with Gasteiger partial charge in [-0.25, -0.2) is 9.97 Å². The molecule has 0 radical (unpaired) electrons. The Bertz CT molecular complexity index is 1060. The molecule has 0 fully saturated rings. The van der Waals surface area contributed by atoms with Crippen LogP contribution >= 0.6 is 0 Å². The zero-order valence-electron chi connectivity index (χ0n) is 18.0. The number of carbonyl (C=O) groups excluding carboxylic acids is 1. The minimum absolute atomic E-state index is 0.0804. The molecule has 3 heterocycles. The highest BCUT2D eigenvalue weighted by Crippen LogP contribution is 2.32. The van der Waals surface area contributed by atoms with E-state index in [1.54, 1.807) is 23.3 Å². The van der Waals surface area contributed by atoms with Gasteiger partial charge in [0.05, 0.1) is 6.54 Å². The fraction of sp³-hybridized carbons (Fsp3) is 0.364. The van der Waals surface area contributed by atoms with Crippen LogP contribution in [0.25, 0.3) is 5.95 Å². The Morgan fingerprint density at radius 3 is 2.94 bits per heavy atom. The quantitative estimate of drug-likeness (QED) is 0.486. The van der Waals surface area contributed by atoms with Gasteiger partial charge >= 0.3 is 0 Å². The summed E-state index contributed by atoms with van der Waals surface area (Å²) >= 11 is 0. The predicted molar refractivity (Wildman–Crippen MR) is 119 cm³/mol. The van der Waals surface area contributed by atoms with Crippen LogP contribution in [-0.2, 0) is 11.2 Å². The van der Waals surface area contributed by atoms with Crippen molar-refractivity contribution in [3.63, 3.8) is 0 Å². The van der Waals surface area contributed by atoms with Crippen molar-refractivity contribution in [2.45, 2.75) is 19.8 Å². The standard InChI is InChI=1S/C22H27N7O3/c1-16-11-20(27-22(26-16)29-10-8-24-14-29)28(9-2-6-23)13-21(30)25-7-5-17-3-4-18-19(12-17)32-15-31-18/h3-4,8,10-12,14H,2,5-7,9,13,15,23H2,1H3,(H,25,30). The molecule has 0 atom stereocenters. The first-order valence-corrected chi connectivity index (χ1v) is 10.6. The molecular formula is C22H27N7O3. The first-order chi connectivity index (χ1) is 15.6. The molecule has 0 aliphatic carbocycles. The lowest BCUT2D eigenvalue weighted by Gasteiger charge is -2.23. The molecular weight excluding hydrogens is 410 g/mol. The summed E-state index contributed by atoms with van der Waals surface area (Å²) in [6.07, 6.45) is 6.54. The van der Waals surface area contributed by atoms with Crippen molar-refractivity contribution in [3.05, 3.63) is 54.2 Å². The Morgan fingerprint density at radius 2 is 2.12 bits per heavy atom. The van der Waals surface area contributed by atoms with Crippen LogP contribution in [0, 0.1) is 6.92 Å². The van der Waals surface area contributed by atoms with Crippen LogP contribution in [-0.4, -0.2) is 58.4 Å². The maximum absolute atomic E-state index is 12.7. The average molecular weight is 438 g/mol. The highest BCUT2D eigenvalue weighted by Gasteiger charge is 2.16. The number of aromatic nitrogens is 4. The van der Waals surface area contributed by atoms with Gasteiger partial charge in [-0.15, -0.1) is 0 Å². The third kappa shape index (κ3) is 5.33. The number of carbonyl (C=O) groups is 1. The first-order valence-electron chi connectivity index (χ1n) is 10.6. The Kier molecular flexibility index (Phi) is 6.81. The van der Waals surface area contributed by atoms with Crippen molar-refractivity contribution in [2.75, 3.05) is 37.9 Å². The van der Waals surface area contributed by atoms with Gasteiger partial charge in [0.2, 0.25) is 18.6 Å². The summed E-state index contributed by atoms with van der Waals surface area (Å²) in [6.45, 7) is 4.00. The number of anilines is 1. The van der Waals surface area contributed by atoms with Gasteiger partial charge in [0, 0.05) is 37.2 Å². The molecule has 32 heavy (non-hydrogen) atoms. The molecule has 0 saturated carbocycles. The Morgan fingerprint density at radius 1 is 1.25 bits per heavy atom. The normalized spacial score (nSPS) is 12.1.